The smallest absolute Gasteiger partial charge is 0.305 e. The number of epoxide rings is 1. The first kappa shape index (κ1) is 27.8. The fraction of sp³-hybridized carbons (Fsp3) is 0.742. The van der Waals surface area contributed by atoms with Gasteiger partial charge < -0.3 is 19.0 Å². The van der Waals surface area contributed by atoms with Crippen LogP contribution >= 0.6 is 0 Å². The maximum Gasteiger partial charge on any atom is 0.305 e. The van der Waals surface area contributed by atoms with Gasteiger partial charge in [-0.25, -0.2) is 0 Å². The standard InChI is InChI=1S/C31H46O6Si/c1-10-26(33)35-18-24(32)30(34)19(2)15-23-22-12-11-20-16-21(37-38(8,9)27(3,4)5)13-14-28(20,6)31(22)25(36-31)17-29(23,30)7/h11,13-14,16,19,22-23,25,34H,10,12,15,17-18H2,1-9H3/t19?,22-,23-,25?,28-,29-,30-,31-/m0/s1. The van der Waals surface area contributed by atoms with Gasteiger partial charge in [0.1, 0.15) is 17.0 Å². The van der Waals surface area contributed by atoms with Crippen LogP contribution in [0.5, 0.6) is 0 Å². The molecule has 5 rings (SSSR count). The van der Waals surface area contributed by atoms with E-state index in [-0.39, 0.29) is 58.7 Å². The van der Waals surface area contributed by atoms with E-state index in [1.165, 1.54) is 5.57 Å². The topological polar surface area (TPSA) is 85.4 Å². The van der Waals surface area contributed by atoms with E-state index >= 15 is 0 Å². The van der Waals surface area contributed by atoms with E-state index in [1.807, 2.05) is 6.92 Å². The van der Waals surface area contributed by atoms with Crippen molar-refractivity contribution in [2.24, 2.45) is 28.6 Å². The van der Waals surface area contributed by atoms with Crippen LogP contribution in [0.25, 0.3) is 0 Å². The molecule has 4 aliphatic carbocycles. The van der Waals surface area contributed by atoms with Crippen molar-refractivity contribution in [2.45, 2.75) is 110 Å². The van der Waals surface area contributed by atoms with Crippen LogP contribution in [0.2, 0.25) is 18.1 Å². The minimum absolute atomic E-state index is 0.0359. The number of Topliss-reactive ketones (excluding diaryl/α,β-unsaturated/α-hetero) is 1. The molecule has 0 radical (unpaired) electrons. The molecule has 6 nitrogen and oxygen atoms in total. The summed E-state index contributed by atoms with van der Waals surface area (Å²) in [6.45, 7) is 19.0. The molecule has 0 bridgehead atoms. The monoisotopic (exact) mass is 542 g/mol. The average molecular weight is 543 g/mol. The molecule has 1 N–H and O–H groups in total. The highest BCUT2D eigenvalue weighted by Gasteiger charge is 2.81. The highest BCUT2D eigenvalue weighted by atomic mass is 28.4. The molecule has 210 valence electrons. The SMILES string of the molecule is CCC(=O)OCC(=O)[C@@]1(O)C(C)C[C@H]2[C@@H]3CC=C4C=C(O[Si](C)(C)C(C)(C)C)C=C[C@]4(C)[C@]34OC4C[C@@]21C. The first-order valence-corrected chi connectivity index (χ1v) is 17.3. The van der Waals surface area contributed by atoms with Gasteiger partial charge >= 0.3 is 5.97 Å². The van der Waals surface area contributed by atoms with Crippen molar-refractivity contribution in [3.63, 3.8) is 0 Å². The van der Waals surface area contributed by atoms with Gasteiger partial charge in [0, 0.05) is 17.3 Å². The van der Waals surface area contributed by atoms with Crippen molar-refractivity contribution in [3.05, 3.63) is 35.6 Å². The van der Waals surface area contributed by atoms with Crippen LogP contribution in [-0.2, 0) is 23.5 Å². The molecule has 0 aromatic carbocycles. The van der Waals surface area contributed by atoms with Gasteiger partial charge in [-0.15, -0.1) is 0 Å². The second-order valence-electron chi connectivity index (χ2n) is 14.4. The summed E-state index contributed by atoms with van der Waals surface area (Å²) in [6, 6.07) is 0. The predicted octanol–water partition coefficient (Wildman–Crippen LogP) is 5.87. The van der Waals surface area contributed by atoms with Crippen LogP contribution in [0.3, 0.4) is 0 Å². The van der Waals surface area contributed by atoms with Crippen molar-refractivity contribution in [2.75, 3.05) is 6.61 Å². The summed E-state index contributed by atoms with van der Waals surface area (Å²) in [5.41, 5.74) is -1.54. The van der Waals surface area contributed by atoms with Gasteiger partial charge in [-0.05, 0) is 79.8 Å². The molecule has 0 amide bonds. The third-order valence-corrected chi connectivity index (χ3v) is 15.9. The Morgan fingerprint density at radius 2 is 1.89 bits per heavy atom. The van der Waals surface area contributed by atoms with E-state index in [0.29, 0.717) is 6.42 Å². The van der Waals surface area contributed by atoms with Gasteiger partial charge in [-0.3, -0.25) is 9.59 Å². The van der Waals surface area contributed by atoms with Gasteiger partial charge in [0.2, 0.25) is 14.1 Å². The molecule has 2 unspecified atom stereocenters. The Kier molecular flexibility index (Phi) is 6.16. The number of carbonyl (C=O) groups is 2. The van der Waals surface area contributed by atoms with Crippen LogP contribution < -0.4 is 0 Å². The summed E-state index contributed by atoms with van der Waals surface area (Å²) in [5, 5.41) is 12.2. The number of ether oxygens (including phenoxy) is 2. The second-order valence-corrected chi connectivity index (χ2v) is 19.1. The predicted molar refractivity (Wildman–Crippen MR) is 149 cm³/mol. The Morgan fingerprint density at radius 3 is 2.53 bits per heavy atom. The Hall–Kier alpha value is -1.70. The maximum atomic E-state index is 13.4. The average Bonchev–Trinajstić information content (AvgIpc) is 3.51. The van der Waals surface area contributed by atoms with Crippen LogP contribution in [0, 0.1) is 28.6 Å². The number of carbonyl (C=O) groups excluding carboxylic acids is 2. The molecule has 1 spiro atoms. The largest absolute Gasteiger partial charge is 0.544 e. The molecular weight excluding hydrogens is 496 g/mol. The van der Waals surface area contributed by atoms with Gasteiger partial charge in [0.05, 0.1) is 6.10 Å². The third-order valence-electron chi connectivity index (χ3n) is 11.6. The lowest BCUT2D eigenvalue weighted by atomic mass is 9.48. The number of allylic oxidation sites excluding steroid dienone is 3. The lowest BCUT2D eigenvalue weighted by molar-refractivity contribution is -0.170. The number of esters is 1. The Morgan fingerprint density at radius 1 is 1.21 bits per heavy atom. The number of ketones is 1. The lowest BCUT2D eigenvalue weighted by Gasteiger charge is -2.54. The van der Waals surface area contributed by atoms with Gasteiger partial charge in [0.25, 0.3) is 0 Å². The summed E-state index contributed by atoms with van der Waals surface area (Å²) in [6.07, 6.45) is 11.4. The van der Waals surface area contributed by atoms with E-state index < -0.39 is 25.3 Å². The normalized spacial score (nSPS) is 43.1. The zero-order valence-corrected chi connectivity index (χ0v) is 25.6. The molecule has 38 heavy (non-hydrogen) atoms. The summed E-state index contributed by atoms with van der Waals surface area (Å²) < 4.78 is 18.5. The van der Waals surface area contributed by atoms with Crippen LogP contribution in [0.15, 0.2) is 35.6 Å². The number of fused-ring (bicyclic) bond motifs is 3. The van der Waals surface area contributed by atoms with Crippen molar-refractivity contribution in [1.82, 2.24) is 0 Å². The molecule has 1 saturated heterocycles. The van der Waals surface area contributed by atoms with Crippen LogP contribution in [0.4, 0.5) is 0 Å². The number of hydrogen-bond acceptors (Lipinski definition) is 6. The van der Waals surface area contributed by atoms with Crippen molar-refractivity contribution >= 4 is 20.1 Å². The molecule has 0 aromatic rings. The Balaban J connectivity index is 1.44. The molecule has 3 fully saturated rings. The molecule has 0 aromatic heterocycles. The molecular formula is C31H46O6Si. The second kappa shape index (κ2) is 8.40. The lowest BCUT2D eigenvalue weighted by Crippen LogP contribution is -2.62. The molecule has 7 heteroatoms. The fourth-order valence-electron chi connectivity index (χ4n) is 8.20. The molecule has 5 aliphatic rings. The first-order valence-electron chi connectivity index (χ1n) is 14.4. The molecule has 8 atom stereocenters. The highest BCUT2D eigenvalue weighted by molar-refractivity contribution is 6.74. The minimum atomic E-state index is -1.96. The summed E-state index contributed by atoms with van der Waals surface area (Å²) in [7, 11) is -1.96. The zero-order chi connectivity index (χ0) is 28.1. The van der Waals surface area contributed by atoms with Gasteiger partial charge in [0.15, 0.2) is 6.61 Å². The number of aliphatic hydroxyl groups is 1. The van der Waals surface area contributed by atoms with Crippen LogP contribution in [-0.4, -0.2) is 49.1 Å². The van der Waals surface area contributed by atoms with E-state index in [9.17, 15) is 14.7 Å². The summed E-state index contributed by atoms with van der Waals surface area (Å²) >= 11 is 0. The van der Waals surface area contributed by atoms with Gasteiger partial charge in [-0.1, -0.05) is 53.7 Å². The van der Waals surface area contributed by atoms with E-state index in [1.54, 1.807) is 6.92 Å². The summed E-state index contributed by atoms with van der Waals surface area (Å²) in [5.74, 6) is 0.242. The molecule has 2 saturated carbocycles. The van der Waals surface area contributed by atoms with E-state index in [4.69, 9.17) is 13.9 Å². The highest BCUT2D eigenvalue weighted by Crippen LogP contribution is 2.76. The van der Waals surface area contributed by atoms with Crippen LogP contribution in [0.1, 0.15) is 74.1 Å². The minimum Gasteiger partial charge on any atom is -0.544 e. The number of rotatable bonds is 6. The summed E-state index contributed by atoms with van der Waals surface area (Å²) in [4.78, 5) is 25.2. The fourth-order valence-corrected chi connectivity index (χ4v) is 9.22. The van der Waals surface area contributed by atoms with E-state index in [0.717, 1.165) is 18.6 Å². The maximum absolute atomic E-state index is 13.4. The molecule has 1 aliphatic heterocycles. The Labute approximate surface area is 229 Å². The Bertz CT molecular complexity index is 1150. The zero-order valence-electron chi connectivity index (χ0n) is 24.6. The van der Waals surface area contributed by atoms with Crippen molar-refractivity contribution in [1.29, 1.82) is 0 Å². The third kappa shape index (κ3) is 3.50. The van der Waals surface area contributed by atoms with E-state index in [2.05, 4.69) is 72.0 Å². The van der Waals surface area contributed by atoms with Crippen molar-refractivity contribution < 1.29 is 28.6 Å². The van der Waals surface area contributed by atoms with Gasteiger partial charge in [-0.2, -0.15) is 0 Å². The number of hydrogen-bond donors (Lipinski definition) is 1. The first-order chi connectivity index (χ1) is 17.5. The quantitative estimate of drug-likeness (QED) is 0.257. The molecule has 1 heterocycles. The van der Waals surface area contributed by atoms with Crippen molar-refractivity contribution in [3.8, 4) is 0 Å².